The Morgan fingerprint density at radius 1 is 1.32 bits per heavy atom. The molecule has 0 radical (unpaired) electrons. The van der Waals surface area contributed by atoms with E-state index in [1.807, 2.05) is 12.1 Å². The standard InChI is InChI=1S/C15H10BrFN4O/c1-2-22-15-10(7-19)13(9(6-18)14(20)21-15)8-3-4-12(17)11(16)5-8/h3-5H,2H2,1H3,(H2,20,21)/p+1. The Kier molecular flexibility index (Phi) is 4.59. The second kappa shape index (κ2) is 6.42. The predicted molar refractivity (Wildman–Crippen MR) is 81.1 cm³/mol. The lowest BCUT2D eigenvalue weighted by atomic mass is 9.96. The summed E-state index contributed by atoms with van der Waals surface area (Å²) in [4.78, 5) is 2.71. The average molecular weight is 362 g/mol. The SMILES string of the molecule is CCOc1[nH+]c(N)c(C#N)c(-c2ccc(F)c(Br)c2)c1C#N. The molecule has 2 rings (SSSR count). The maximum absolute atomic E-state index is 13.4. The van der Waals surface area contributed by atoms with E-state index in [1.54, 1.807) is 6.92 Å². The maximum atomic E-state index is 13.4. The topological polar surface area (TPSA) is 97.0 Å². The highest BCUT2D eigenvalue weighted by atomic mass is 79.9. The van der Waals surface area contributed by atoms with Crippen molar-refractivity contribution < 1.29 is 14.1 Å². The van der Waals surface area contributed by atoms with E-state index in [1.165, 1.54) is 18.2 Å². The molecule has 0 atom stereocenters. The van der Waals surface area contributed by atoms with Crippen LogP contribution in [-0.2, 0) is 0 Å². The first-order valence-corrected chi connectivity index (χ1v) is 7.09. The highest BCUT2D eigenvalue weighted by Crippen LogP contribution is 2.34. The number of aromatic amines is 1. The van der Waals surface area contributed by atoms with Crippen LogP contribution in [0.25, 0.3) is 11.1 Å². The van der Waals surface area contributed by atoms with Crippen LogP contribution in [0.1, 0.15) is 18.1 Å². The molecule has 0 bridgehead atoms. The fourth-order valence-electron chi connectivity index (χ4n) is 2.04. The lowest BCUT2D eigenvalue weighted by molar-refractivity contribution is -0.377. The molecule has 110 valence electrons. The Bertz CT molecular complexity index is 824. The van der Waals surface area contributed by atoms with Gasteiger partial charge in [0.15, 0.2) is 5.56 Å². The minimum Gasteiger partial charge on any atom is -0.462 e. The van der Waals surface area contributed by atoms with E-state index >= 15 is 0 Å². The Morgan fingerprint density at radius 3 is 2.55 bits per heavy atom. The Hall–Kier alpha value is -2.64. The Morgan fingerprint density at radius 2 is 2.00 bits per heavy atom. The van der Waals surface area contributed by atoms with E-state index in [-0.39, 0.29) is 27.3 Å². The normalized spacial score (nSPS) is 9.86. The first-order valence-electron chi connectivity index (χ1n) is 6.30. The maximum Gasteiger partial charge on any atom is 0.301 e. The van der Waals surface area contributed by atoms with Gasteiger partial charge < -0.3 is 4.74 Å². The molecule has 5 nitrogen and oxygen atoms in total. The van der Waals surface area contributed by atoms with Gasteiger partial charge in [-0.3, -0.25) is 5.73 Å². The molecule has 1 aromatic heterocycles. The minimum absolute atomic E-state index is 0.0837. The Labute approximate surface area is 134 Å². The predicted octanol–water partition coefficient (Wildman–Crippen LogP) is 2.79. The smallest absolute Gasteiger partial charge is 0.301 e. The number of rotatable bonds is 3. The van der Waals surface area contributed by atoms with E-state index in [9.17, 15) is 14.9 Å². The van der Waals surface area contributed by atoms with Crippen LogP contribution in [0.4, 0.5) is 10.2 Å². The van der Waals surface area contributed by atoms with E-state index in [0.717, 1.165) is 0 Å². The second-order valence-corrected chi connectivity index (χ2v) is 5.13. The van der Waals surface area contributed by atoms with Gasteiger partial charge in [0, 0.05) is 5.56 Å². The van der Waals surface area contributed by atoms with Crippen LogP contribution in [-0.4, -0.2) is 6.61 Å². The van der Waals surface area contributed by atoms with E-state index in [2.05, 4.69) is 20.9 Å². The molecule has 0 aliphatic carbocycles. The summed E-state index contributed by atoms with van der Waals surface area (Å²) < 4.78 is 19.0. The van der Waals surface area contributed by atoms with Gasteiger partial charge in [0.05, 0.1) is 11.1 Å². The third kappa shape index (κ3) is 2.72. The molecule has 0 saturated heterocycles. The van der Waals surface area contributed by atoms with Gasteiger partial charge in [-0.15, -0.1) is 0 Å². The fourth-order valence-corrected chi connectivity index (χ4v) is 2.42. The zero-order chi connectivity index (χ0) is 16.3. The van der Waals surface area contributed by atoms with Crippen LogP contribution in [0.5, 0.6) is 5.88 Å². The number of halogens is 2. The van der Waals surface area contributed by atoms with Crippen LogP contribution in [0.2, 0.25) is 0 Å². The molecule has 0 fully saturated rings. The number of nitrogens with one attached hydrogen (secondary N) is 1. The molecule has 2 aromatic rings. The first kappa shape index (κ1) is 15.7. The van der Waals surface area contributed by atoms with Crippen LogP contribution in [0, 0.1) is 28.5 Å². The molecule has 0 aliphatic rings. The molecule has 0 saturated carbocycles. The molecule has 7 heteroatoms. The summed E-state index contributed by atoms with van der Waals surface area (Å²) in [6.45, 7) is 2.08. The lowest BCUT2D eigenvalue weighted by Crippen LogP contribution is -2.19. The number of nitrogens with two attached hydrogens (primary N) is 1. The summed E-state index contributed by atoms with van der Waals surface area (Å²) in [6, 6.07) is 8.19. The van der Waals surface area contributed by atoms with Gasteiger partial charge in [-0.1, -0.05) is 6.07 Å². The number of nitrogen functional groups attached to an aromatic ring is 1. The molecule has 3 N–H and O–H groups in total. The third-order valence-corrected chi connectivity index (χ3v) is 3.57. The van der Waals surface area contributed by atoms with Gasteiger partial charge in [0.2, 0.25) is 0 Å². The molecular weight excluding hydrogens is 351 g/mol. The highest BCUT2D eigenvalue weighted by Gasteiger charge is 2.24. The summed E-state index contributed by atoms with van der Waals surface area (Å²) in [5.41, 5.74) is 6.89. The van der Waals surface area contributed by atoms with Gasteiger partial charge in [-0.2, -0.15) is 10.5 Å². The molecule has 22 heavy (non-hydrogen) atoms. The van der Waals surface area contributed by atoms with Crippen molar-refractivity contribution in [2.45, 2.75) is 6.92 Å². The molecule has 1 aromatic carbocycles. The van der Waals surface area contributed by atoms with Gasteiger partial charge >= 0.3 is 5.88 Å². The third-order valence-electron chi connectivity index (χ3n) is 2.97. The number of hydrogen-bond donors (Lipinski definition) is 1. The van der Waals surface area contributed by atoms with Crippen molar-refractivity contribution in [2.24, 2.45) is 0 Å². The first-order chi connectivity index (χ1) is 10.5. The van der Waals surface area contributed by atoms with E-state index in [0.29, 0.717) is 17.7 Å². The van der Waals surface area contributed by atoms with E-state index in [4.69, 9.17) is 10.5 Å². The number of aromatic nitrogens is 1. The molecule has 0 amide bonds. The summed E-state index contributed by atoms with van der Waals surface area (Å²) in [5, 5.41) is 18.8. The number of nitriles is 2. The van der Waals surface area contributed by atoms with Gasteiger partial charge in [-0.05, 0) is 40.5 Å². The number of nitrogens with zero attached hydrogens (tertiary/aromatic N) is 2. The van der Waals surface area contributed by atoms with Crippen LogP contribution >= 0.6 is 15.9 Å². The second-order valence-electron chi connectivity index (χ2n) is 4.28. The van der Waals surface area contributed by atoms with Crippen molar-refractivity contribution in [1.82, 2.24) is 0 Å². The molecule has 1 heterocycles. The van der Waals surface area contributed by atoms with Crippen molar-refractivity contribution in [1.29, 1.82) is 10.5 Å². The summed E-state index contributed by atoms with van der Waals surface area (Å²) in [5.74, 6) is -0.182. The number of pyridine rings is 1. The van der Waals surface area contributed by atoms with Crippen molar-refractivity contribution in [3.8, 4) is 29.1 Å². The number of anilines is 1. The number of ether oxygens (including phenoxy) is 1. The van der Waals surface area contributed by atoms with Gasteiger partial charge in [0.25, 0.3) is 5.82 Å². The zero-order valence-electron chi connectivity index (χ0n) is 11.6. The number of benzene rings is 1. The van der Waals surface area contributed by atoms with Gasteiger partial charge in [0.1, 0.15) is 23.5 Å². The van der Waals surface area contributed by atoms with Crippen molar-refractivity contribution in [2.75, 3.05) is 12.3 Å². The molecule has 0 aliphatic heterocycles. The summed E-state index contributed by atoms with van der Waals surface area (Å²) >= 11 is 3.09. The fraction of sp³-hybridized carbons (Fsp3) is 0.133. The zero-order valence-corrected chi connectivity index (χ0v) is 13.2. The lowest BCUT2D eigenvalue weighted by Gasteiger charge is -2.10. The quantitative estimate of drug-likeness (QED) is 0.908. The summed E-state index contributed by atoms with van der Waals surface area (Å²) in [6.07, 6.45) is 0. The molecular formula is C15H11BrFN4O+. The Balaban J connectivity index is 2.85. The number of H-pyrrole nitrogens is 1. The monoisotopic (exact) mass is 361 g/mol. The van der Waals surface area contributed by atoms with Crippen LogP contribution in [0.3, 0.4) is 0 Å². The minimum atomic E-state index is -0.443. The molecule has 0 unspecified atom stereocenters. The summed E-state index contributed by atoms with van der Waals surface area (Å²) in [7, 11) is 0. The van der Waals surface area contributed by atoms with Crippen molar-refractivity contribution in [3.63, 3.8) is 0 Å². The highest BCUT2D eigenvalue weighted by molar-refractivity contribution is 9.10. The van der Waals surface area contributed by atoms with Crippen molar-refractivity contribution >= 4 is 21.7 Å². The van der Waals surface area contributed by atoms with Crippen LogP contribution < -0.4 is 15.5 Å². The number of hydrogen-bond acceptors (Lipinski definition) is 4. The largest absolute Gasteiger partial charge is 0.462 e. The molecule has 0 spiro atoms. The van der Waals surface area contributed by atoms with Gasteiger partial charge in [-0.25, -0.2) is 9.37 Å². The average Bonchev–Trinajstić information content (AvgIpc) is 2.50. The van der Waals surface area contributed by atoms with Crippen molar-refractivity contribution in [3.05, 3.63) is 39.6 Å². The van der Waals surface area contributed by atoms with E-state index < -0.39 is 5.82 Å². The van der Waals surface area contributed by atoms with Crippen LogP contribution in [0.15, 0.2) is 22.7 Å².